The Labute approximate surface area is 177 Å². The van der Waals surface area contributed by atoms with Gasteiger partial charge in [-0.3, -0.25) is 0 Å². The molecule has 0 aromatic rings. The van der Waals surface area contributed by atoms with Gasteiger partial charge in [0.05, 0.1) is 12.4 Å². The molecule has 0 bridgehead atoms. The van der Waals surface area contributed by atoms with Crippen LogP contribution in [-0.4, -0.2) is 62.9 Å². The molecular weight excluding hydrogens is 388 g/mol. The van der Waals surface area contributed by atoms with Gasteiger partial charge in [0.25, 0.3) is 6.02 Å². The fourth-order valence-electron chi connectivity index (χ4n) is 2.79. The molecule has 3 aliphatic heterocycles. The summed E-state index contributed by atoms with van der Waals surface area (Å²) in [5.74, 6) is 1.56. The molecule has 3 N–H and O–H groups in total. The number of thioether (sulfide) groups is 1. The van der Waals surface area contributed by atoms with Crippen LogP contribution in [0.2, 0.25) is 0 Å². The van der Waals surface area contributed by atoms with E-state index >= 15 is 0 Å². The van der Waals surface area contributed by atoms with Gasteiger partial charge in [-0.1, -0.05) is 38.3 Å². The molecule has 160 valence electrons. The first-order valence-electron chi connectivity index (χ1n) is 10.00. The number of rotatable bonds is 6. The molecule has 1 unspecified atom stereocenters. The maximum atomic E-state index is 6.06. The van der Waals surface area contributed by atoms with Gasteiger partial charge in [0, 0.05) is 25.2 Å². The summed E-state index contributed by atoms with van der Waals surface area (Å²) in [5, 5.41) is 10.6. The van der Waals surface area contributed by atoms with Crippen LogP contribution in [0.5, 0.6) is 0 Å². The van der Waals surface area contributed by atoms with Crippen LogP contribution >= 0.6 is 11.8 Å². The SMILES string of the molecule is C=C/C=N\C1=CN/C(=N/C2C=C(COC)NC(OC3CCNCC3)=N2)CS1.CC. The second-order valence-corrected chi connectivity index (χ2v) is 7.17. The number of hydrogen-bond donors (Lipinski definition) is 3. The van der Waals surface area contributed by atoms with Gasteiger partial charge in [-0.25, -0.2) is 15.0 Å². The Bertz CT molecular complexity index is 680. The molecule has 8 nitrogen and oxygen atoms in total. The first-order valence-corrected chi connectivity index (χ1v) is 11.0. The van der Waals surface area contributed by atoms with E-state index in [-0.39, 0.29) is 12.3 Å². The maximum Gasteiger partial charge on any atom is 0.291 e. The Hall–Kier alpha value is -2.10. The fourth-order valence-corrected chi connectivity index (χ4v) is 3.51. The molecule has 0 radical (unpaired) electrons. The van der Waals surface area contributed by atoms with E-state index in [2.05, 4.69) is 32.5 Å². The summed E-state index contributed by atoms with van der Waals surface area (Å²) in [6.45, 7) is 10.0. The lowest BCUT2D eigenvalue weighted by Gasteiger charge is -2.27. The first-order chi connectivity index (χ1) is 14.3. The van der Waals surface area contributed by atoms with E-state index in [0.717, 1.165) is 42.5 Å². The van der Waals surface area contributed by atoms with Crippen LogP contribution in [0.1, 0.15) is 26.7 Å². The normalized spacial score (nSPS) is 23.8. The van der Waals surface area contributed by atoms with Crippen LogP contribution in [0.25, 0.3) is 0 Å². The zero-order chi connectivity index (χ0) is 20.9. The second-order valence-electron chi connectivity index (χ2n) is 6.17. The Kier molecular flexibility index (Phi) is 10.5. The Balaban J connectivity index is 0.00000145. The molecule has 9 heteroatoms. The molecule has 0 aromatic heterocycles. The quantitative estimate of drug-likeness (QED) is 0.572. The van der Waals surface area contributed by atoms with Gasteiger partial charge < -0.3 is 25.4 Å². The molecule has 0 aromatic carbocycles. The molecule has 1 fully saturated rings. The van der Waals surface area contributed by atoms with Crippen molar-refractivity contribution in [1.29, 1.82) is 0 Å². The molecule has 1 saturated heterocycles. The van der Waals surface area contributed by atoms with Gasteiger partial charge in [-0.05, 0) is 32.0 Å². The van der Waals surface area contributed by atoms with Gasteiger partial charge in [-0.2, -0.15) is 0 Å². The highest BCUT2D eigenvalue weighted by Crippen LogP contribution is 2.20. The lowest BCUT2D eigenvalue weighted by atomic mass is 10.1. The lowest BCUT2D eigenvalue weighted by Crippen LogP contribution is -2.40. The first kappa shape index (κ1) is 23.2. The number of piperidine rings is 1. The Morgan fingerprint density at radius 1 is 1.34 bits per heavy atom. The number of nitrogens with zero attached hydrogens (tertiary/aromatic N) is 3. The van der Waals surface area contributed by atoms with Gasteiger partial charge >= 0.3 is 0 Å². The van der Waals surface area contributed by atoms with E-state index in [9.17, 15) is 0 Å². The fraction of sp³-hybridized carbons (Fsp3) is 0.550. The highest BCUT2D eigenvalue weighted by molar-refractivity contribution is 8.03. The summed E-state index contributed by atoms with van der Waals surface area (Å²) < 4.78 is 11.3. The van der Waals surface area contributed by atoms with E-state index in [0.29, 0.717) is 18.4 Å². The number of aliphatic imine (C=N–C) groups is 3. The van der Waals surface area contributed by atoms with E-state index in [1.165, 1.54) is 0 Å². The molecule has 3 rings (SSSR count). The van der Waals surface area contributed by atoms with E-state index < -0.39 is 0 Å². The van der Waals surface area contributed by atoms with Gasteiger partial charge in [0.2, 0.25) is 0 Å². The van der Waals surface area contributed by atoms with E-state index in [1.54, 1.807) is 31.2 Å². The standard InChI is InChI=1S/C18H26N6O2S.C2H6/c1-3-6-20-17-10-21-16(12-27-17)23-15-9-13(11-25-2)22-18(24-15)26-14-4-7-19-8-5-14;1-2/h3,6,9-10,14-15,19H,1,4-5,7-8,11-12H2,2H3,(H,21,23)(H,22,24);1-2H3/b20-6-;. The van der Waals surface area contributed by atoms with Crippen molar-refractivity contribution in [1.82, 2.24) is 16.0 Å². The zero-order valence-electron chi connectivity index (χ0n) is 17.5. The summed E-state index contributed by atoms with van der Waals surface area (Å²) in [7, 11) is 1.66. The average molecular weight is 421 g/mol. The average Bonchev–Trinajstić information content (AvgIpc) is 2.75. The minimum absolute atomic E-state index is 0.171. The molecule has 0 aliphatic carbocycles. The number of amidine groups is 2. The van der Waals surface area contributed by atoms with Crippen LogP contribution in [0, 0.1) is 0 Å². The molecular formula is C20H32N6O2S. The Morgan fingerprint density at radius 3 is 2.79 bits per heavy atom. The molecule has 0 amide bonds. The predicted octanol–water partition coefficient (Wildman–Crippen LogP) is 2.39. The second kappa shape index (κ2) is 13.2. The number of nitrogens with one attached hydrogen (secondary N) is 3. The largest absolute Gasteiger partial charge is 0.462 e. The number of hydrogen-bond acceptors (Lipinski definition) is 8. The minimum atomic E-state index is -0.345. The van der Waals surface area contributed by atoms with Crippen LogP contribution in [0.15, 0.2) is 50.6 Å². The van der Waals surface area contributed by atoms with Crippen molar-refractivity contribution in [2.24, 2.45) is 15.0 Å². The van der Waals surface area contributed by atoms with Crippen LogP contribution in [-0.2, 0) is 9.47 Å². The summed E-state index contributed by atoms with van der Waals surface area (Å²) in [6.07, 6.45) is 8.88. The third-order valence-corrected chi connectivity index (χ3v) is 4.98. The molecule has 3 aliphatic rings. The summed E-state index contributed by atoms with van der Waals surface area (Å²) >= 11 is 1.61. The number of ether oxygens (including phenoxy) is 2. The van der Waals surface area contributed by atoms with Crippen LogP contribution in [0.3, 0.4) is 0 Å². The van der Waals surface area contributed by atoms with Crippen molar-refractivity contribution < 1.29 is 9.47 Å². The zero-order valence-corrected chi connectivity index (χ0v) is 18.3. The third-order valence-electron chi connectivity index (χ3n) is 4.05. The van der Waals surface area contributed by atoms with Crippen LogP contribution < -0.4 is 16.0 Å². The Morgan fingerprint density at radius 2 is 2.14 bits per heavy atom. The van der Waals surface area contributed by atoms with Gasteiger partial charge in [-0.15, -0.1) is 0 Å². The van der Waals surface area contributed by atoms with Crippen molar-refractivity contribution in [2.45, 2.75) is 39.0 Å². The van der Waals surface area contributed by atoms with E-state index in [1.807, 2.05) is 26.1 Å². The highest BCUT2D eigenvalue weighted by atomic mass is 32.2. The van der Waals surface area contributed by atoms with Crippen molar-refractivity contribution in [3.05, 3.63) is 35.7 Å². The molecule has 3 heterocycles. The lowest BCUT2D eigenvalue weighted by molar-refractivity contribution is 0.140. The molecule has 29 heavy (non-hydrogen) atoms. The summed E-state index contributed by atoms with van der Waals surface area (Å²) in [4.78, 5) is 13.6. The molecule has 0 spiro atoms. The monoisotopic (exact) mass is 420 g/mol. The predicted molar refractivity (Wildman–Crippen MR) is 122 cm³/mol. The van der Waals surface area contributed by atoms with Crippen molar-refractivity contribution in [2.75, 3.05) is 32.6 Å². The maximum absolute atomic E-state index is 6.06. The number of allylic oxidation sites excluding steroid dienone is 1. The smallest absolute Gasteiger partial charge is 0.291 e. The van der Waals surface area contributed by atoms with E-state index in [4.69, 9.17) is 14.5 Å². The van der Waals surface area contributed by atoms with Crippen molar-refractivity contribution in [3.8, 4) is 0 Å². The topological polar surface area (TPSA) is 91.6 Å². The number of methoxy groups -OCH3 is 1. The summed E-state index contributed by atoms with van der Waals surface area (Å²) in [6, 6.07) is 0.515. The highest BCUT2D eigenvalue weighted by Gasteiger charge is 2.21. The van der Waals surface area contributed by atoms with Crippen molar-refractivity contribution >= 4 is 29.8 Å². The summed E-state index contributed by atoms with van der Waals surface area (Å²) in [5.41, 5.74) is 0.904. The molecule has 0 saturated carbocycles. The minimum Gasteiger partial charge on any atom is -0.462 e. The van der Waals surface area contributed by atoms with Gasteiger partial charge in [0.1, 0.15) is 17.0 Å². The van der Waals surface area contributed by atoms with Crippen molar-refractivity contribution in [3.63, 3.8) is 0 Å². The van der Waals surface area contributed by atoms with Gasteiger partial charge in [0.15, 0.2) is 6.17 Å². The van der Waals surface area contributed by atoms with Crippen LogP contribution in [0.4, 0.5) is 0 Å². The third kappa shape index (κ3) is 8.04. The molecule has 1 atom stereocenters.